The highest BCUT2D eigenvalue weighted by atomic mass is 127. The monoisotopic (exact) mass is 466 g/mol. The van der Waals surface area contributed by atoms with Gasteiger partial charge in [0.05, 0.1) is 6.54 Å². The summed E-state index contributed by atoms with van der Waals surface area (Å²) in [6.07, 6.45) is 7.95. The molecule has 0 amide bonds. The molecule has 6 heteroatoms. The zero-order valence-corrected chi connectivity index (χ0v) is 17.3. The second kappa shape index (κ2) is 11.0. The number of hydrogen-bond acceptors (Lipinski definition) is 3. The molecule has 1 aromatic carbocycles. The van der Waals surface area contributed by atoms with E-state index in [0.717, 1.165) is 11.1 Å². The zero-order chi connectivity index (χ0) is 17.3. The third-order valence-corrected chi connectivity index (χ3v) is 4.45. The molecule has 1 aromatic heterocycles. The molecule has 1 aliphatic carbocycles. The fourth-order valence-corrected chi connectivity index (χ4v) is 3.07. The average Bonchev–Trinajstić information content (AvgIpc) is 2.67. The van der Waals surface area contributed by atoms with Crippen LogP contribution in [0.15, 0.2) is 53.7 Å². The second-order valence-corrected chi connectivity index (χ2v) is 6.42. The lowest BCUT2D eigenvalue weighted by Gasteiger charge is -2.23. The van der Waals surface area contributed by atoms with Crippen LogP contribution in [0.1, 0.15) is 43.2 Å². The lowest BCUT2D eigenvalue weighted by molar-refractivity contribution is 0.290. The number of aromatic nitrogens is 1. The molecule has 0 bridgehead atoms. The number of nitrogens with one attached hydrogen (secondary N) is 1. The van der Waals surface area contributed by atoms with E-state index in [0.29, 0.717) is 31.0 Å². The number of benzene rings is 1. The highest BCUT2D eigenvalue weighted by Crippen LogP contribution is 2.18. The summed E-state index contributed by atoms with van der Waals surface area (Å²) in [5.74, 6) is 1.12. The summed E-state index contributed by atoms with van der Waals surface area (Å²) in [4.78, 5) is 8.80. The van der Waals surface area contributed by atoms with E-state index in [1.54, 1.807) is 6.20 Å². The van der Waals surface area contributed by atoms with E-state index >= 15 is 0 Å². The number of halogens is 1. The SMILES string of the molecule is I.NC(=NCc1cccnc1OCc1ccccc1)NC1CCCCC1. The van der Waals surface area contributed by atoms with Crippen LogP contribution in [0.4, 0.5) is 0 Å². The highest BCUT2D eigenvalue weighted by molar-refractivity contribution is 14.0. The maximum atomic E-state index is 6.05. The van der Waals surface area contributed by atoms with Crippen molar-refractivity contribution in [3.8, 4) is 5.88 Å². The van der Waals surface area contributed by atoms with Gasteiger partial charge in [-0.3, -0.25) is 0 Å². The van der Waals surface area contributed by atoms with E-state index in [1.165, 1.54) is 32.1 Å². The van der Waals surface area contributed by atoms with Crippen LogP contribution in [0, 0.1) is 0 Å². The van der Waals surface area contributed by atoms with Crippen molar-refractivity contribution in [2.75, 3.05) is 0 Å². The van der Waals surface area contributed by atoms with Gasteiger partial charge in [0.15, 0.2) is 5.96 Å². The average molecular weight is 466 g/mol. The summed E-state index contributed by atoms with van der Waals surface area (Å²) in [6.45, 7) is 0.952. The smallest absolute Gasteiger partial charge is 0.218 e. The first-order chi connectivity index (χ1) is 12.3. The predicted octanol–water partition coefficient (Wildman–Crippen LogP) is 4.02. The van der Waals surface area contributed by atoms with Gasteiger partial charge in [0.2, 0.25) is 5.88 Å². The van der Waals surface area contributed by atoms with Gasteiger partial charge >= 0.3 is 0 Å². The molecule has 2 aromatic rings. The van der Waals surface area contributed by atoms with E-state index in [1.807, 2.05) is 42.5 Å². The molecule has 0 spiro atoms. The van der Waals surface area contributed by atoms with Crippen LogP contribution in [0.3, 0.4) is 0 Å². The molecular weight excluding hydrogens is 439 g/mol. The lowest BCUT2D eigenvalue weighted by Crippen LogP contribution is -2.41. The summed E-state index contributed by atoms with van der Waals surface area (Å²) in [5.41, 5.74) is 8.09. The van der Waals surface area contributed by atoms with Gasteiger partial charge < -0.3 is 15.8 Å². The van der Waals surface area contributed by atoms with Crippen molar-refractivity contribution >= 4 is 29.9 Å². The van der Waals surface area contributed by atoms with Gasteiger partial charge in [-0.25, -0.2) is 9.98 Å². The molecule has 1 aliphatic rings. The van der Waals surface area contributed by atoms with Crippen molar-refractivity contribution in [1.82, 2.24) is 10.3 Å². The van der Waals surface area contributed by atoms with E-state index in [2.05, 4.69) is 15.3 Å². The Bertz CT molecular complexity index is 687. The van der Waals surface area contributed by atoms with Crippen molar-refractivity contribution in [2.24, 2.45) is 10.7 Å². The Morgan fingerprint density at radius 1 is 1.12 bits per heavy atom. The molecule has 0 saturated heterocycles. The molecule has 140 valence electrons. The molecule has 5 nitrogen and oxygen atoms in total. The highest BCUT2D eigenvalue weighted by Gasteiger charge is 2.13. The van der Waals surface area contributed by atoms with E-state index in [9.17, 15) is 0 Å². The largest absolute Gasteiger partial charge is 0.473 e. The molecule has 26 heavy (non-hydrogen) atoms. The Hall–Kier alpha value is -1.83. The predicted molar refractivity (Wildman–Crippen MR) is 116 cm³/mol. The fraction of sp³-hybridized carbons (Fsp3) is 0.400. The van der Waals surface area contributed by atoms with Crippen molar-refractivity contribution < 1.29 is 4.74 Å². The van der Waals surface area contributed by atoms with Gasteiger partial charge in [0, 0.05) is 17.8 Å². The Balaban J connectivity index is 0.00000243. The molecule has 3 N–H and O–H groups in total. The number of guanidine groups is 1. The van der Waals surface area contributed by atoms with E-state index in [-0.39, 0.29) is 24.0 Å². The summed E-state index contributed by atoms with van der Waals surface area (Å²) in [5, 5.41) is 3.33. The third-order valence-electron chi connectivity index (χ3n) is 4.45. The fourth-order valence-electron chi connectivity index (χ4n) is 3.07. The van der Waals surface area contributed by atoms with E-state index in [4.69, 9.17) is 10.5 Å². The van der Waals surface area contributed by atoms with Crippen molar-refractivity contribution in [3.05, 3.63) is 59.8 Å². The van der Waals surface area contributed by atoms with Gasteiger partial charge in [-0.15, -0.1) is 24.0 Å². The van der Waals surface area contributed by atoms with Crippen molar-refractivity contribution in [3.63, 3.8) is 0 Å². The Kier molecular flexibility index (Phi) is 8.67. The van der Waals surface area contributed by atoms with Crippen LogP contribution >= 0.6 is 24.0 Å². The van der Waals surface area contributed by atoms with Gasteiger partial charge in [0.1, 0.15) is 6.61 Å². The standard InChI is InChI=1S/C20H26N4O.HI/c21-20(24-18-11-5-2-6-12-18)23-14-17-10-7-13-22-19(17)25-15-16-8-3-1-4-9-16;/h1,3-4,7-10,13,18H,2,5-6,11-12,14-15H2,(H3,21,23,24);1H. The summed E-state index contributed by atoms with van der Waals surface area (Å²) >= 11 is 0. The first kappa shape index (κ1) is 20.5. The first-order valence-corrected chi connectivity index (χ1v) is 8.98. The van der Waals surface area contributed by atoms with Crippen LogP contribution in [0.5, 0.6) is 5.88 Å². The Morgan fingerprint density at radius 3 is 2.65 bits per heavy atom. The molecule has 1 fully saturated rings. The third kappa shape index (κ3) is 6.48. The number of nitrogens with zero attached hydrogens (tertiary/aromatic N) is 2. The minimum atomic E-state index is 0. The summed E-state index contributed by atoms with van der Waals surface area (Å²) in [7, 11) is 0. The van der Waals surface area contributed by atoms with Gasteiger partial charge in [-0.1, -0.05) is 55.7 Å². The van der Waals surface area contributed by atoms with Crippen LogP contribution in [0.2, 0.25) is 0 Å². The Labute approximate surface area is 172 Å². The zero-order valence-electron chi connectivity index (χ0n) is 14.9. The topological polar surface area (TPSA) is 72.5 Å². The molecule has 0 aliphatic heterocycles. The number of rotatable bonds is 6. The maximum Gasteiger partial charge on any atom is 0.218 e. The maximum absolute atomic E-state index is 6.05. The first-order valence-electron chi connectivity index (χ1n) is 8.98. The van der Waals surface area contributed by atoms with E-state index < -0.39 is 0 Å². The molecule has 0 unspecified atom stereocenters. The van der Waals surface area contributed by atoms with Gasteiger partial charge in [0.25, 0.3) is 0 Å². The molecular formula is C20H27IN4O. The van der Waals surface area contributed by atoms with Crippen LogP contribution < -0.4 is 15.8 Å². The van der Waals surface area contributed by atoms with Crippen LogP contribution in [-0.2, 0) is 13.2 Å². The van der Waals surface area contributed by atoms with Crippen molar-refractivity contribution in [2.45, 2.75) is 51.3 Å². The molecule has 1 saturated carbocycles. The minimum Gasteiger partial charge on any atom is -0.473 e. The number of hydrogen-bond donors (Lipinski definition) is 2. The summed E-state index contributed by atoms with van der Waals surface area (Å²) < 4.78 is 5.86. The van der Waals surface area contributed by atoms with Crippen LogP contribution in [-0.4, -0.2) is 17.0 Å². The normalized spacial score (nSPS) is 15.2. The second-order valence-electron chi connectivity index (χ2n) is 6.42. The number of ether oxygens (including phenoxy) is 1. The van der Waals surface area contributed by atoms with Gasteiger partial charge in [-0.2, -0.15) is 0 Å². The number of nitrogens with two attached hydrogens (primary N) is 1. The molecule has 3 rings (SSSR count). The Morgan fingerprint density at radius 2 is 1.88 bits per heavy atom. The number of pyridine rings is 1. The lowest BCUT2D eigenvalue weighted by atomic mass is 9.96. The van der Waals surface area contributed by atoms with Crippen LogP contribution in [0.25, 0.3) is 0 Å². The molecule has 0 atom stereocenters. The minimum absolute atomic E-state index is 0. The van der Waals surface area contributed by atoms with Crippen molar-refractivity contribution in [1.29, 1.82) is 0 Å². The molecule has 1 heterocycles. The summed E-state index contributed by atoms with van der Waals surface area (Å²) in [6, 6.07) is 14.4. The molecule has 0 radical (unpaired) electrons. The number of aliphatic imine (C=N–C) groups is 1. The quantitative estimate of drug-likeness (QED) is 0.383. The van der Waals surface area contributed by atoms with Gasteiger partial charge in [-0.05, 0) is 24.5 Å².